The minimum absolute atomic E-state index is 0.0811. The number of halogens is 1. The van der Waals surface area contributed by atoms with Gasteiger partial charge in [0.05, 0.1) is 11.0 Å². The van der Waals surface area contributed by atoms with E-state index in [-0.39, 0.29) is 18.3 Å². The van der Waals surface area contributed by atoms with E-state index >= 15 is 0 Å². The number of carbonyl (C=O) groups excluding carboxylic acids is 1. The van der Waals surface area contributed by atoms with Gasteiger partial charge in [0.1, 0.15) is 18.6 Å². The number of hydrogen-bond donors (Lipinski definition) is 1. The molecule has 2 aromatic rings. The maximum absolute atomic E-state index is 11.8. The molecule has 0 fully saturated rings. The summed E-state index contributed by atoms with van der Waals surface area (Å²) >= 11 is 5.80. The minimum atomic E-state index is -0.511. The molecule has 0 saturated heterocycles. The quantitative estimate of drug-likeness (QED) is 0.323. The normalized spacial score (nSPS) is 11.9. The molecule has 0 radical (unpaired) electrons. The van der Waals surface area contributed by atoms with Gasteiger partial charge in [0.25, 0.3) is 5.69 Å². The molecule has 0 amide bonds. The number of ether oxygens (including phenoxy) is 1. The van der Waals surface area contributed by atoms with Crippen LogP contribution in [0.3, 0.4) is 0 Å². The Bertz CT molecular complexity index is 776. The van der Waals surface area contributed by atoms with Crippen LogP contribution in [0.25, 0.3) is 6.08 Å². The third kappa shape index (κ3) is 6.18. The third-order valence-corrected chi connectivity index (χ3v) is 3.76. The first kappa shape index (κ1) is 19.4. The standard InChI is InChI=1S/C18H18ClN3O4/c1-2-15(21-17-9-8-16(11-20-17)22(24)25)12-26-18(23)10-5-13-3-6-14(19)7-4-13/h3-11,15H,2,12H2,1H3,(H,20,21)/b10-5+. The number of rotatable bonds is 8. The summed E-state index contributed by atoms with van der Waals surface area (Å²) in [6.07, 6.45) is 4.85. The van der Waals surface area contributed by atoms with Crippen LogP contribution in [-0.4, -0.2) is 28.5 Å². The summed E-state index contributed by atoms with van der Waals surface area (Å²) in [6.45, 7) is 2.08. The van der Waals surface area contributed by atoms with Gasteiger partial charge >= 0.3 is 5.97 Å². The van der Waals surface area contributed by atoms with E-state index < -0.39 is 10.9 Å². The van der Waals surface area contributed by atoms with Crippen LogP contribution in [-0.2, 0) is 9.53 Å². The van der Waals surface area contributed by atoms with Crippen molar-refractivity contribution in [1.82, 2.24) is 4.98 Å². The van der Waals surface area contributed by atoms with Gasteiger partial charge in [-0.25, -0.2) is 9.78 Å². The zero-order valence-electron chi connectivity index (χ0n) is 14.1. The fourth-order valence-electron chi connectivity index (χ4n) is 2.02. The molecule has 2 rings (SSSR count). The van der Waals surface area contributed by atoms with Gasteiger partial charge in [-0.1, -0.05) is 30.7 Å². The van der Waals surface area contributed by atoms with Gasteiger partial charge < -0.3 is 10.1 Å². The van der Waals surface area contributed by atoms with E-state index in [2.05, 4.69) is 10.3 Å². The SMILES string of the molecule is CCC(COC(=O)/C=C/c1ccc(Cl)cc1)Nc1ccc([N+](=O)[O-])cn1. The molecule has 8 heteroatoms. The number of pyridine rings is 1. The Morgan fingerprint density at radius 2 is 2.08 bits per heavy atom. The predicted octanol–water partition coefficient (Wildman–Crippen LogP) is 4.09. The molecule has 1 aromatic carbocycles. The number of nitrogens with zero attached hydrogens (tertiary/aromatic N) is 2. The Hall–Kier alpha value is -2.93. The molecule has 1 N–H and O–H groups in total. The molecule has 0 aliphatic heterocycles. The van der Waals surface area contributed by atoms with Crippen molar-refractivity contribution in [3.05, 3.63) is 69.4 Å². The molecule has 1 atom stereocenters. The van der Waals surface area contributed by atoms with Crippen molar-refractivity contribution in [2.45, 2.75) is 19.4 Å². The van der Waals surface area contributed by atoms with Gasteiger partial charge in [0.15, 0.2) is 0 Å². The lowest BCUT2D eigenvalue weighted by atomic mass is 10.2. The van der Waals surface area contributed by atoms with Crippen molar-refractivity contribution in [3.63, 3.8) is 0 Å². The lowest BCUT2D eigenvalue weighted by molar-refractivity contribution is -0.385. The van der Waals surface area contributed by atoms with E-state index in [9.17, 15) is 14.9 Å². The summed E-state index contributed by atoms with van der Waals surface area (Å²) in [5, 5.41) is 14.3. The van der Waals surface area contributed by atoms with Crippen molar-refractivity contribution < 1.29 is 14.5 Å². The fraction of sp³-hybridized carbons (Fsp3) is 0.222. The second kappa shape index (κ2) is 9.53. The second-order valence-electron chi connectivity index (χ2n) is 5.42. The highest BCUT2D eigenvalue weighted by molar-refractivity contribution is 6.30. The monoisotopic (exact) mass is 375 g/mol. The average Bonchev–Trinajstić information content (AvgIpc) is 2.65. The van der Waals surface area contributed by atoms with Crippen LogP contribution in [0.4, 0.5) is 11.5 Å². The Kier molecular flexibility index (Phi) is 7.11. The number of carbonyl (C=O) groups is 1. The lowest BCUT2D eigenvalue weighted by Gasteiger charge is -2.16. The molecular formula is C18H18ClN3O4. The Morgan fingerprint density at radius 1 is 1.35 bits per heavy atom. The van der Waals surface area contributed by atoms with Crippen LogP contribution < -0.4 is 5.32 Å². The first-order chi connectivity index (χ1) is 12.5. The number of hydrogen-bond acceptors (Lipinski definition) is 6. The number of anilines is 1. The van der Waals surface area contributed by atoms with E-state index in [0.717, 1.165) is 5.56 Å². The molecule has 1 unspecified atom stereocenters. The van der Waals surface area contributed by atoms with Crippen molar-refractivity contribution in [2.24, 2.45) is 0 Å². The maximum atomic E-state index is 11.8. The maximum Gasteiger partial charge on any atom is 0.330 e. The van der Waals surface area contributed by atoms with Crippen LogP contribution in [0.15, 0.2) is 48.7 Å². The number of nitrogens with one attached hydrogen (secondary N) is 1. The molecule has 26 heavy (non-hydrogen) atoms. The molecule has 0 aliphatic carbocycles. The smallest absolute Gasteiger partial charge is 0.330 e. The zero-order chi connectivity index (χ0) is 18.9. The summed E-state index contributed by atoms with van der Waals surface area (Å²) in [5.41, 5.74) is 0.758. The molecule has 1 heterocycles. The summed E-state index contributed by atoms with van der Waals surface area (Å²) in [7, 11) is 0. The van der Waals surface area contributed by atoms with Gasteiger partial charge in [-0.15, -0.1) is 0 Å². The molecule has 0 saturated carbocycles. The van der Waals surface area contributed by atoms with E-state index in [4.69, 9.17) is 16.3 Å². The second-order valence-corrected chi connectivity index (χ2v) is 5.86. The fourth-order valence-corrected chi connectivity index (χ4v) is 2.15. The number of esters is 1. The highest BCUT2D eigenvalue weighted by Gasteiger charge is 2.11. The van der Waals surface area contributed by atoms with Crippen LogP contribution in [0.2, 0.25) is 5.02 Å². The molecule has 0 bridgehead atoms. The summed E-state index contributed by atoms with van der Waals surface area (Å²) in [5.74, 6) is 0.0204. The van der Waals surface area contributed by atoms with Gasteiger partial charge in [-0.3, -0.25) is 10.1 Å². The van der Waals surface area contributed by atoms with Crippen molar-refractivity contribution in [2.75, 3.05) is 11.9 Å². The first-order valence-electron chi connectivity index (χ1n) is 7.95. The molecule has 7 nitrogen and oxygen atoms in total. The Morgan fingerprint density at radius 3 is 2.65 bits per heavy atom. The molecular weight excluding hydrogens is 358 g/mol. The molecule has 1 aromatic heterocycles. The lowest BCUT2D eigenvalue weighted by Crippen LogP contribution is -2.26. The van der Waals surface area contributed by atoms with Gasteiger partial charge in [-0.05, 0) is 36.3 Å². The van der Waals surface area contributed by atoms with Crippen molar-refractivity contribution >= 4 is 35.2 Å². The summed E-state index contributed by atoms with van der Waals surface area (Å²) < 4.78 is 5.22. The molecule has 0 aliphatic rings. The first-order valence-corrected chi connectivity index (χ1v) is 8.33. The van der Waals surface area contributed by atoms with Crippen LogP contribution in [0.5, 0.6) is 0 Å². The van der Waals surface area contributed by atoms with Crippen LogP contribution in [0, 0.1) is 10.1 Å². The molecule has 136 valence electrons. The largest absolute Gasteiger partial charge is 0.460 e. The van der Waals surface area contributed by atoms with E-state index in [0.29, 0.717) is 17.3 Å². The van der Waals surface area contributed by atoms with Crippen molar-refractivity contribution in [1.29, 1.82) is 0 Å². The number of benzene rings is 1. The zero-order valence-corrected chi connectivity index (χ0v) is 14.8. The van der Waals surface area contributed by atoms with E-state index in [1.165, 1.54) is 24.4 Å². The third-order valence-electron chi connectivity index (χ3n) is 3.51. The average molecular weight is 376 g/mol. The van der Waals surface area contributed by atoms with Gasteiger partial charge in [-0.2, -0.15) is 0 Å². The predicted molar refractivity (Wildman–Crippen MR) is 100 cm³/mol. The van der Waals surface area contributed by atoms with Crippen LogP contribution in [0.1, 0.15) is 18.9 Å². The number of nitro groups is 1. The summed E-state index contributed by atoms with van der Waals surface area (Å²) in [4.78, 5) is 25.9. The Balaban J connectivity index is 1.84. The van der Waals surface area contributed by atoms with Gasteiger partial charge in [0.2, 0.25) is 0 Å². The minimum Gasteiger partial charge on any atom is -0.460 e. The molecule has 0 spiro atoms. The van der Waals surface area contributed by atoms with Crippen LogP contribution >= 0.6 is 11.6 Å². The van der Waals surface area contributed by atoms with Crippen molar-refractivity contribution in [3.8, 4) is 0 Å². The highest BCUT2D eigenvalue weighted by atomic mass is 35.5. The highest BCUT2D eigenvalue weighted by Crippen LogP contribution is 2.14. The number of aromatic nitrogens is 1. The van der Waals surface area contributed by atoms with Gasteiger partial charge in [0, 0.05) is 17.2 Å². The topological polar surface area (TPSA) is 94.4 Å². The van der Waals surface area contributed by atoms with E-state index in [1.807, 2.05) is 6.92 Å². The van der Waals surface area contributed by atoms with E-state index in [1.54, 1.807) is 30.3 Å². The Labute approximate surface area is 155 Å². The summed E-state index contributed by atoms with van der Waals surface area (Å²) in [6, 6.07) is 9.79.